The van der Waals surface area contributed by atoms with Gasteiger partial charge in [0.25, 0.3) is 0 Å². The molecule has 1 aromatic heterocycles. The second kappa shape index (κ2) is 5.13. The molecule has 0 fully saturated rings. The maximum atomic E-state index is 6.38. The van der Waals surface area contributed by atoms with Gasteiger partial charge in [-0.25, -0.2) is 0 Å². The topological polar surface area (TPSA) is 43.7 Å². The molecule has 0 amide bonds. The number of hydrogen-bond acceptors (Lipinski definition) is 4. The molecule has 0 spiro atoms. The Bertz CT molecular complexity index is 743. The van der Waals surface area contributed by atoms with Gasteiger partial charge in [0, 0.05) is 22.9 Å². The number of hydrogen-bond donors (Lipinski definition) is 0. The third kappa shape index (κ3) is 2.20. The summed E-state index contributed by atoms with van der Waals surface area (Å²) in [6.45, 7) is 2.38. The first-order valence-corrected chi connectivity index (χ1v) is 7.23. The summed E-state index contributed by atoms with van der Waals surface area (Å²) < 4.78 is 11.2. The summed E-state index contributed by atoms with van der Waals surface area (Å²) in [6, 6.07) is 7.87. The Kier molecular flexibility index (Phi) is 3.13. The predicted octanol–water partition coefficient (Wildman–Crippen LogP) is 3.11. The van der Waals surface area contributed by atoms with E-state index in [1.54, 1.807) is 6.20 Å². The van der Waals surface area contributed by atoms with Crippen LogP contribution in [0.15, 0.2) is 35.5 Å². The van der Waals surface area contributed by atoms with Crippen molar-refractivity contribution in [2.45, 2.75) is 6.61 Å². The predicted molar refractivity (Wildman–Crippen MR) is 81.2 cm³/mol. The number of pyridine rings is 1. The summed E-state index contributed by atoms with van der Waals surface area (Å²) in [7, 11) is 0. The van der Waals surface area contributed by atoms with E-state index in [0.717, 1.165) is 28.1 Å². The largest absolute Gasteiger partial charge is 0.487 e. The molecule has 2 aliphatic heterocycles. The first-order chi connectivity index (χ1) is 10.3. The lowest BCUT2D eigenvalue weighted by Gasteiger charge is -2.22. The molecule has 3 heterocycles. The minimum Gasteiger partial charge on any atom is -0.487 e. The summed E-state index contributed by atoms with van der Waals surface area (Å²) in [5.74, 6) is 0.698. The number of benzene rings is 1. The summed E-state index contributed by atoms with van der Waals surface area (Å²) in [5.41, 5.74) is 4.82. The molecule has 0 radical (unpaired) electrons. The van der Waals surface area contributed by atoms with Gasteiger partial charge in [-0.15, -0.1) is 0 Å². The highest BCUT2D eigenvalue weighted by atomic mass is 35.5. The monoisotopic (exact) mass is 300 g/mol. The van der Waals surface area contributed by atoms with Crippen LogP contribution in [0.5, 0.6) is 5.75 Å². The average molecular weight is 301 g/mol. The van der Waals surface area contributed by atoms with Crippen LogP contribution in [0.1, 0.15) is 11.1 Å². The SMILES string of the molecule is Clc1cc(C2=NCCOC2)cc2c1OCc1cccnc1-2. The van der Waals surface area contributed by atoms with Crippen molar-refractivity contribution in [1.82, 2.24) is 4.98 Å². The van der Waals surface area contributed by atoms with Gasteiger partial charge >= 0.3 is 0 Å². The van der Waals surface area contributed by atoms with Crippen molar-refractivity contribution in [2.24, 2.45) is 4.99 Å². The summed E-state index contributed by atoms with van der Waals surface area (Å²) >= 11 is 6.38. The Balaban J connectivity index is 1.88. The number of rotatable bonds is 1. The summed E-state index contributed by atoms with van der Waals surface area (Å²) in [6.07, 6.45) is 1.79. The molecule has 4 nitrogen and oxygen atoms in total. The van der Waals surface area contributed by atoms with E-state index in [2.05, 4.69) is 9.98 Å². The number of halogens is 1. The van der Waals surface area contributed by atoms with Crippen LogP contribution in [0.25, 0.3) is 11.3 Å². The van der Waals surface area contributed by atoms with Gasteiger partial charge in [-0.05, 0) is 18.2 Å². The van der Waals surface area contributed by atoms with Crippen LogP contribution in [-0.2, 0) is 11.3 Å². The van der Waals surface area contributed by atoms with Crippen LogP contribution >= 0.6 is 11.6 Å². The Hall–Kier alpha value is -1.91. The molecular formula is C16H13ClN2O2. The first kappa shape index (κ1) is 12.8. The molecule has 0 bridgehead atoms. The Morgan fingerprint density at radius 1 is 1.19 bits per heavy atom. The van der Waals surface area contributed by atoms with Gasteiger partial charge in [-0.1, -0.05) is 17.7 Å². The average Bonchev–Trinajstić information content (AvgIpc) is 2.55. The van der Waals surface area contributed by atoms with Gasteiger partial charge in [0.1, 0.15) is 12.4 Å². The van der Waals surface area contributed by atoms with Crippen LogP contribution in [0.3, 0.4) is 0 Å². The molecule has 21 heavy (non-hydrogen) atoms. The summed E-state index contributed by atoms with van der Waals surface area (Å²) in [5, 5.41) is 0.590. The molecule has 0 atom stereocenters. The molecule has 2 aliphatic rings. The molecule has 0 N–H and O–H groups in total. The van der Waals surface area contributed by atoms with E-state index >= 15 is 0 Å². The second-order valence-electron chi connectivity index (χ2n) is 5.02. The fraction of sp³-hybridized carbons (Fsp3) is 0.250. The minimum absolute atomic E-state index is 0.499. The molecular weight excluding hydrogens is 288 g/mol. The maximum absolute atomic E-state index is 6.38. The molecule has 0 unspecified atom stereocenters. The quantitative estimate of drug-likeness (QED) is 0.813. The molecule has 0 saturated carbocycles. The van der Waals surface area contributed by atoms with Gasteiger partial charge in [-0.3, -0.25) is 9.98 Å². The number of fused-ring (bicyclic) bond motifs is 3. The van der Waals surface area contributed by atoms with Crippen LogP contribution < -0.4 is 4.74 Å². The Labute approximate surface area is 127 Å². The summed E-state index contributed by atoms with van der Waals surface area (Å²) in [4.78, 5) is 9.00. The third-order valence-electron chi connectivity index (χ3n) is 3.67. The third-order valence-corrected chi connectivity index (χ3v) is 3.95. The fourth-order valence-corrected chi connectivity index (χ4v) is 2.94. The molecule has 0 saturated heterocycles. The van der Waals surface area contributed by atoms with Crippen LogP contribution in [0.4, 0.5) is 0 Å². The zero-order valence-electron chi connectivity index (χ0n) is 11.3. The van der Waals surface area contributed by atoms with Gasteiger partial charge < -0.3 is 9.47 Å². The second-order valence-corrected chi connectivity index (χ2v) is 5.42. The molecule has 0 aliphatic carbocycles. The van der Waals surface area contributed by atoms with Crippen molar-refractivity contribution < 1.29 is 9.47 Å². The zero-order chi connectivity index (χ0) is 14.2. The van der Waals surface area contributed by atoms with Gasteiger partial charge in [0.2, 0.25) is 0 Å². The smallest absolute Gasteiger partial charge is 0.147 e. The van der Waals surface area contributed by atoms with Crippen LogP contribution in [0, 0.1) is 0 Å². The molecule has 5 heteroatoms. The van der Waals surface area contributed by atoms with E-state index in [4.69, 9.17) is 21.1 Å². The first-order valence-electron chi connectivity index (χ1n) is 6.85. The van der Waals surface area contributed by atoms with Crippen molar-refractivity contribution in [1.29, 1.82) is 0 Å². The van der Waals surface area contributed by atoms with Crippen molar-refractivity contribution in [2.75, 3.05) is 19.8 Å². The van der Waals surface area contributed by atoms with Crippen molar-refractivity contribution >= 4 is 17.3 Å². The van der Waals surface area contributed by atoms with Crippen molar-refractivity contribution in [3.05, 3.63) is 46.6 Å². The number of ether oxygens (including phenoxy) is 2. The van der Waals surface area contributed by atoms with Crippen LogP contribution in [-0.4, -0.2) is 30.5 Å². The van der Waals surface area contributed by atoms with Crippen molar-refractivity contribution in [3.8, 4) is 17.0 Å². The van der Waals surface area contributed by atoms with Gasteiger partial charge in [0.15, 0.2) is 0 Å². The van der Waals surface area contributed by atoms with Crippen LogP contribution in [0.2, 0.25) is 5.02 Å². The Morgan fingerprint density at radius 3 is 3.00 bits per heavy atom. The molecule has 106 valence electrons. The normalized spacial score (nSPS) is 16.5. The maximum Gasteiger partial charge on any atom is 0.147 e. The van der Waals surface area contributed by atoms with E-state index in [1.807, 2.05) is 24.3 Å². The minimum atomic E-state index is 0.499. The van der Waals surface area contributed by atoms with Crippen molar-refractivity contribution in [3.63, 3.8) is 0 Å². The zero-order valence-corrected chi connectivity index (χ0v) is 12.1. The number of nitrogens with zero attached hydrogens (tertiary/aromatic N) is 2. The molecule has 2 aromatic rings. The van der Waals surface area contributed by atoms with E-state index in [1.165, 1.54) is 0 Å². The lowest BCUT2D eigenvalue weighted by molar-refractivity contribution is 0.171. The molecule has 4 rings (SSSR count). The highest BCUT2D eigenvalue weighted by Crippen LogP contribution is 2.41. The lowest BCUT2D eigenvalue weighted by atomic mass is 9.98. The van der Waals surface area contributed by atoms with Gasteiger partial charge in [0.05, 0.1) is 36.2 Å². The molecule has 1 aromatic carbocycles. The van der Waals surface area contributed by atoms with E-state index in [0.29, 0.717) is 37.1 Å². The van der Waals surface area contributed by atoms with E-state index in [9.17, 15) is 0 Å². The fourth-order valence-electron chi connectivity index (χ4n) is 2.66. The Morgan fingerprint density at radius 2 is 2.14 bits per heavy atom. The lowest BCUT2D eigenvalue weighted by Crippen LogP contribution is -2.19. The highest BCUT2D eigenvalue weighted by molar-refractivity contribution is 6.33. The number of aromatic nitrogens is 1. The van der Waals surface area contributed by atoms with E-state index in [-0.39, 0.29) is 0 Å². The highest BCUT2D eigenvalue weighted by Gasteiger charge is 2.23. The van der Waals surface area contributed by atoms with Gasteiger partial charge in [-0.2, -0.15) is 0 Å². The number of aliphatic imine (C=N–C) groups is 1. The standard InChI is InChI=1S/C16H13ClN2O2/c17-13-7-11(14-9-20-5-4-18-14)6-12-15-10(2-1-3-19-15)8-21-16(12)13/h1-3,6-7H,4-5,8-9H2. The van der Waals surface area contributed by atoms with E-state index < -0.39 is 0 Å².